The van der Waals surface area contributed by atoms with E-state index in [4.69, 9.17) is 11.6 Å². The van der Waals surface area contributed by atoms with Gasteiger partial charge in [0.25, 0.3) is 5.91 Å². The van der Waals surface area contributed by atoms with Crippen LogP contribution in [0.2, 0.25) is 5.15 Å². The fraction of sp³-hybridized carbons (Fsp3) is 0.538. The van der Waals surface area contributed by atoms with Crippen molar-refractivity contribution < 1.29 is 4.79 Å². The van der Waals surface area contributed by atoms with Crippen LogP contribution in [0.25, 0.3) is 0 Å². The third kappa shape index (κ3) is 3.43. The molecule has 1 amide bonds. The van der Waals surface area contributed by atoms with Gasteiger partial charge in [0.05, 0.1) is 0 Å². The first-order chi connectivity index (χ1) is 8.20. The Labute approximate surface area is 107 Å². The molecule has 0 aromatic carbocycles. The number of amides is 1. The molecule has 1 aliphatic rings. The van der Waals surface area contributed by atoms with Crippen molar-refractivity contribution in [3.05, 3.63) is 29.0 Å². The van der Waals surface area contributed by atoms with E-state index in [1.807, 2.05) is 4.90 Å². The molecule has 0 spiro atoms. The summed E-state index contributed by atoms with van der Waals surface area (Å²) >= 11 is 5.81. The molecule has 0 radical (unpaired) electrons. The van der Waals surface area contributed by atoms with E-state index in [1.54, 1.807) is 18.2 Å². The molecule has 3 nitrogen and oxygen atoms in total. The highest BCUT2D eigenvalue weighted by Gasteiger charge is 2.27. The van der Waals surface area contributed by atoms with Gasteiger partial charge in [0.15, 0.2) is 0 Å². The third-order valence-corrected chi connectivity index (χ3v) is 3.10. The van der Waals surface area contributed by atoms with Crippen LogP contribution in [0.1, 0.15) is 36.7 Å². The van der Waals surface area contributed by atoms with Gasteiger partial charge in [-0.15, -0.1) is 0 Å². The number of hydrogen-bond donors (Lipinski definition) is 0. The molecule has 1 aromatic rings. The zero-order valence-electron chi connectivity index (χ0n) is 10.0. The molecule has 0 aliphatic heterocycles. The van der Waals surface area contributed by atoms with Crippen molar-refractivity contribution in [2.24, 2.45) is 5.92 Å². The van der Waals surface area contributed by atoms with Gasteiger partial charge in [-0.1, -0.05) is 24.6 Å². The Morgan fingerprint density at radius 2 is 2.29 bits per heavy atom. The van der Waals surface area contributed by atoms with E-state index in [9.17, 15) is 4.79 Å². The predicted molar refractivity (Wildman–Crippen MR) is 68.2 cm³/mol. The van der Waals surface area contributed by atoms with E-state index in [0.29, 0.717) is 16.8 Å². The molecule has 4 heteroatoms. The van der Waals surface area contributed by atoms with Gasteiger partial charge in [0, 0.05) is 13.1 Å². The second-order valence-corrected chi connectivity index (χ2v) is 4.93. The van der Waals surface area contributed by atoms with Gasteiger partial charge in [-0.25, -0.2) is 4.98 Å². The molecule has 17 heavy (non-hydrogen) atoms. The summed E-state index contributed by atoms with van der Waals surface area (Å²) in [5.74, 6) is 0.700. The van der Waals surface area contributed by atoms with E-state index < -0.39 is 0 Å². The Kier molecular flexibility index (Phi) is 4.00. The van der Waals surface area contributed by atoms with Gasteiger partial charge < -0.3 is 4.90 Å². The lowest BCUT2D eigenvalue weighted by Crippen LogP contribution is -2.34. The quantitative estimate of drug-likeness (QED) is 0.755. The first kappa shape index (κ1) is 12.4. The highest BCUT2D eigenvalue weighted by molar-refractivity contribution is 6.29. The van der Waals surface area contributed by atoms with E-state index in [1.165, 1.54) is 12.8 Å². The van der Waals surface area contributed by atoms with Crippen LogP contribution in [0.3, 0.4) is 0 Å². The Bertz CT molecular complexity index is 404. The number of rotatable bonds is 5. The molecule has 92 valence electrons. The molecule has 0 atom stereocenters. The number of carbonyl (C=O) groups excluding carboxylic acids is 1. The average Bonchev–Trinajstić information content (AvgIpc) is 3.11. The normalized spacial score (nSPS) is 14.7. The van der Waals surface area contributed by atoms with Gasteiger partial charge in [-0.3, -0.25) is 4.79 Å². The fourth-order valence-electron chi connectivity index (χ4n) is 1.85. The van der Waals surface area contributed by atoms with Crippen molar-refractivity contribution in [3.8, 4) is 0 Å². The molecule has 0 unspecified atom stereocenters. The first-order valence-electron chi connectivity index (χ1n) is 6.12. The summed E-state index contributed by atoms with van der Waals surface area (Å²) in [5.41, 5.74) is 0.451. The lowest BCUT2D eigenvalue weighted by Gasteiger charge is -2.21. The van der Waals surface area contributed by atoms with E-state index >= 15 is 0 Å². The van der Waals surface area contributed by atoms with Crippen molar-refractivity contribution in [2.45, 2.75) is 26.2 Å². The highest BCUT2D eigenvalue weighted by atomic mass is 35.5. The fourth-order valence-corrected chi connectivity index (χ4v) is 2.01. The average molecular weight is 253 g/mol. The summed E-state index contributed by atoms with van der Waals surface area (Å²) in [6.45, 7) is 3.74. The van der Waals surface area contributed by atoms with E-state index in [0.717, 1.165) is 19.5 Å². The maximum atomic E-state index is 12.3. The van der Waals surface area contributed by atoms with Crippen molar-refractivity contribution in [3.63, 3.8) is 0 Å². The topological polar surface area (TPSA) is 33.2 Å². The van der Waals surface area contributed by atoms with Crippen LogP contribution in [-0.4, -0.2) is 28.9 Å². The summed E-state index contributed by atoms with van der Waals surface area (Å²) in [6.07, 6.45) is 3.46. The number of carbonyl (C=O) groups is 1. The number of aromatic nitrogens is 1. The van der Waals surface area contributed by atoms with Crippen LogP contribution in [0.5, 0.6) is 0 Å². The molecule has 1 fully saturated rings. The summed E-state index contributed by atoms with van der Waals surface area (Å²) in [4.78, 5) is 18.2. The van der Waals surface area contributed by atoms with Gasteiger partial charge in [-0.05, 0) is 37.3 Å². The minimum Gasteiger partial charge on any atom is -0.337 e. The predicted octanol–water partition coefficient (Wildman–Crippen LogP) is 3.00. The van der Waals surface area contributed by atoms with Crippen LogP contribution < -0.4 is 0 Å². The van der Waals surface area contributed by atoms with Gasteiger partial charge in [0.2, 0.25) is 0 Å². The highest BCUT2D eigenvalue weighted by Crippen LogP contribution is 2.30. The second kappa shape index (κ2) is 5.50. The van der Waals surface area contributed by atoms with Crippen LogP contribution in [0, 0.1) is 5.92 Å². The molecule has 1 aliphatic carbocycles. The zero-order chi connectivity index (χ0) is 12.3. The molecule has 0 N–H and O–H groups in total. The maximum Gasteiger partial charge on any atom is 0.272 e. The number of halogens is 1. The van der Waals surface area contributed by atoms with E-state index in [2.05, 4.69) is 11.9 Å². The Morgan fingerprint density at radius 3 is 2.88 bits per heavy atom. The van der Waals surface area contributed by atoms with Crippen molar-refractivity contribution in [1.29, 1.82) is 0 Å². The Morgan fingerprint density at radius 1 is 1.53 bits per heavy atom. The van der Waals surface area contributed by atoms with Crippen molar-refractivity contribution in [2.75, 3.05) is 13.1 Å². The Balaban J connectivity index is 2.08. The Hall–Kier alpha value is -1.09. The molecule has 1 saturated carbocycles. The largest absolute Gasteiger partial charge is 0.337 e. The summed E-state index contributed by atoms with van der Waals surface area (Å²) in [7, 11) is 0. The second-order valence-electron chi connectivity index (χ2n) is 4.54. The number of pyridine rings is 1. The lowest BCUT2D eigenvalue weighted by molar-refractivity contribution is 0.0742. The van der Waals surface area contributed by atoms with Gasteiger partial charge in [0.1, 0.15) is 10.8 Å². The third-order valence-electron chi connectivity index (χ3n) is 2.89. The smallest absolute Gasteiger partial charge is 0.272 e. The van der Waals surface area contributed by atoms with Crippen LogP contribution in [0.4, 0.5) is 0 Å². The van der Waals surface area contributed by atoms with E-state index in [-0.39, 0.29) is 5.91 Å². The summed E-state index contributed by atoms with van der Waals surface area (Å²) < 4.78 is 0. The zero-order valence-corrected chi connectivity index (χ0v) is 10.8. The van der Waals surface area contributed by atoms with Gasteiger partial charge in [-0.2, -0.15) is 0 Å². The molecular formula is C13H17ClN2O. The van der Waals surface area contributed by atoms with Crippen LogP contribution >= 0.6 is 11.6 Å². The molecule has 1 aromatic heterocycles. The minimum absolute atomic E-state index is 0.00116. The van der Waals surface area contributed by atoms with Crippen LogP contribution in [-0.2, 0) is 0 Å². The minimum atomic E-state index is 0.00116. The standard InChI is InChI=1S/C13H17ClN2O/c1-2-8-16(9-10-6-7-10)13(17)11-4-3-5-12(14)15-11/h3-5,10H,2,6-9H2,1H3. The SMILES string of the molecule is CCCN(CC1CC1)C(=O)c1cccc(Cl)n1. The van der Waals surface area contributed by atoms with Gasteiger partial charge >= 0.3 is 0 Å². The number of nitrogens with zero attached hydrogens (tertiary/aromatic N) is 2. The molecule has 1 heterocycles. The summed E-state index contributed by atoms with van der Waals surface area (Å²) in [6, 6.07) is 5.18. The number of hydrogen-bond acceptors (Lipinski definition) is 2. The first-order valence-corrected chi connectivity index (χ1v) is 6.50. The summed E-state index contributed by atoms with van der Waals surface area (Å²) in [5, 5.41) is 0.374. The monoisotopic (exact) mass is 252 g/mol. The molecule has 2 rings (SSSR count). The van der Waals surface area contributed by atoms with Crippen molar-refractivity contribution in [1.82, 2.24) is 9.88 Å². The molecular weight excluding hydrogens is 236 g/mol. The molecule has 0 bridgehead atoms. The maximum absolute atomic E-state index is 12.3. The molecule has 0 saturated heterocycles. The van der Waals surface area contributed by atoms with Crippen molar-refractivity contribution >= 4 is 17.5 Å². The van der Waals surface area contributed by atoms with Crippen LogP contribution in [0.15, 0.2) is 18.2 Å². The lowest BCUT2D eigenvalue weighted by atomic mass is 10.2.